The fourth-order valence-corrected chi connectivity index (χ4v) is 2.67. The van der Waals surface area contributed by atoms with Crippen LogP contribution in [0.2, 0.25) is 0 Å². The van der Waals surface area contributed by atoms with Crippen molar-refractivity contribution < 1.29 is 23.6 Å². The molecule has 0 bridgehead atoms. The highest BCUT2D eigenvalue weighted by Crippen LogP contribution is 2.25. The second-order valence-electron chi connectivity index (χ2n) is 5.76. The molecule has 1 atom stereocenters. The van der Waals surface area contributed by atoms with E-state index in [-0.39, 0.29) is 24.8 Å². The quantitative estimate of drug-likeness (QED) is 0.849. The lowest BCUT2D eigenvalue weighted by Gasteiger charge is -2.13. The largest absolute Gasteiger partial charge is 0.465 e. The van der Waals surface area contributed by atoms with Crippen molar-refractivity contribution in [3.05, 3.63) is 41.7 Å². The summed E-state index contributed by atoms with van der Waals surface area (Å²) in [6.45, 7) is 1.96. The van der Waals surface area contributed by atoms with Crippen LogP contribution in [0.4, 0.5) is 11.5 Å². The Kier molecular flexibility index (Phi) is 4.51. The summed E-state index contributed by atoms with van der Waals surface area (Å²) in [6, 6.07) is 8.08. The number of aryl methyl sites for hydroxylation is 1. The van der Waals surface area contributed by atoms with Crippen LogP contribution in [0.15, 0.2) is 34.9 Å². The summed E-state index contributed by atoms with van der Waals surface area (Å²) < 4.78 is 9.63. The predicted octanol–water partition coefficient (Wildman–Crippen LogP) is 1.76. The van der Waals surface area contributed by atoms with Gasteiger partial charge in [-0.1, -0.05) is 11.2 Å². The average Bonchev–Trinajstić information content (AvgIpc) is 3.20. The second-order valence-corrected chi connectivity index (χ2v) is 5.76. The van der Waals surface area contributed by atoms with Gasteiger partial charge < -0.3 is 14.6 Å². The van der Waals surface area contributed by atoms with Crippen LogP contribution < -0.4 is 10.2 Å². The molecule has 1 saturated heterocycles. The Balaban J connectivity index is 1.68. The van der Waals surface area contributed by atoms with E-state index in [0.29, 0.717) is 22.8 Å². The summed E-state index contributed by atoms with van der Waals surface area (Å²) >= 11 is 0. The average molecular weight is 343 g/mol. The standard InChI is InChI=1S/C17H17N3O5/c1-10-6-14(19-25-10)20-9-12(8-15(20)21)16(22)18-13-5-3-4-11(7-13)17(23)24-2/h3-7,12H,8-9H2,1-2H3,(H,18,22). The zero-order valence-corrected chi connectivity index (χ0v) is 13.8. The van der Waals surface area contributed by atoms with E-state index in [1.807, 2.05) is 0 Å². The molecule has 1 N–H and O–H groups in total. The van der Waals surface area contributed by atoms with Gasteiger partial charge in [0, 0.05) is 24.7 Å². The topological polar surface area (TPSA) is 102 Å². The second kappa shape index (κ2) is 6.76. The summed E-state index contributed by atoms with van der Waals surface area (Å²) in [6.07, 6.45) is 0.0917. The summed E-state index contributed by atoms with van der Waals surface area (Å²) in [7, 11) is 1.29. The number of carbonyl (C=O) groups excluding carboxylic acids is 3. The predicted molar refractivity (Wildman–Crippen MR) is 88.1 cm³/mol. The normalized spacial score (nSPS) is 16.8. The highest BCUT2D eigenvalue weighted by atomic mass is 16.5. The Morgan fingerprint density at radius 2 is 2.16 bits per heavy atom. The van der Waals surface area contributed by atoms with Crippen LogP contribution in [0.3, 0.4) is 0 Å². The molecule has 130 valence electrons. The number of methoxy groups -OCH3 is 1. The molecule has 3 rings (SSSR count). The van der Waals surface area contributed by atoms with Crippen LogP contribution in [0.25, 0.3) is 0 Å². The maximum absolute atomic E-state index is 12.4. The first-order valence-corrected chi connectivity index (χ1v) is 7.71. The molecule has 1 fully saturated rings. The van der Waals surface area contributed by atoms with Gasteiger partial charge in [-0.2, -0.15) is 0 Å². The Hall–Kier alpha value is -3.16. The highest BCUT2D eigenvalue weighted by Gasteiger charge is 2.36. The van der Waals surface area contributed by atoms with Gasteiger partial charge in [0.1, 0.15) is 5.76 Å². The third kappa shape index (κ3) is 3.52. The first-order chi connectivity index (χ1) is 12.0. The number of aromatic nitrogens is 1. The number of nitrogens with one attached hydrogen (secondary N) is 1. The van der Waals surface area contributed by atoms with Gasteiger partial charge in [-0.25, -0.2) is 4.79 Å². The van der Waals surface area contributed by atoms with Gasteiger partial charge in [-0.15, -0.1) is 0 Å². The molecule has 2 heterocycles. The zero-order chi connectivity index (χ0) is 18.0. The van der Waals surface area contributed by atoms with Gasteiger partial charge >= 0.3 is 5.97 Å². The Morgan fingerprint density at radius 3 is 2.84 bits per heavy atom. The minimum absolute atomic E-state index is 0.0917. The van der Waals surface area contributed by atoms with Crippen LogP contribution >= 0.6 is 0 Å². The Bertz CT molecular complexity index is 829. The van der Waals surface area contributed by atoms with Gasteiger partial charge in [0.05, 0.1) is 18.6 Å². The molecule has 1 aliphatic rings. The summed E-state index contributed by atoms with van der Waals surface area (Å²) in [5, 5.41) is 6.54. The van der Waals surface area contributed by atoms with Crippen LogP contribution in [-0.4, -0.2) is 36.6 Å². The number of nitrogens with zero attached hydrogens (tertiary/aromatic N) is 2. The number of esters is 1. The third-order valence-electron chi connectivity index (χ3n) is 3.94. The molecule has 0 saturated carbocycles. The number of hydrogen-bond acceptors (Lipinski definition) is 6. The van der Waals surface area contributed by atoms with Crippen molar-refractivity contribution in [3.8, 4) is 0 Å². The van der Waals surface area contributed by atoms with Gasteiger partial charge in [-0.05, 0) is 25.1 Å². The van der Waals surface area contributed by atoms with Crippen molar-refractivity contribution in [2.24, 2.45) is 5.92 Å². The Morgan fingerprint density at radius 1 is 1.36 bits per heavy atom. The van der Waals surface area contributed by atoms with Crippen molar-refractivity contribution in [2.45, 2.75) is 13.3 Å². The van der Waals surface area contributed by atoms with E-state index < -0.39 is 11.9 Å². The molecule has 1 aromatic heterocycles. The number of rotatable bonds is 4. The highest BCUT2D eigenvalue weighted by molar-refractivity contribution is 6.03. The minimum atomic E-state index is -0.508. The number of amides is 2. The lowest BCUT2D eigenvalue weighted by Crippen LogP contribution is -2.28. The molecule has 0 spiro atoms. The molecule has 25 heavy (non-hydrogen) atoms. The number of anilines is 2. The van der Waals surface area contributed by atoms with E-state index in [0.717, 1.165) is 0 Å². The molecular formula is C17H17N3O5. The molecule has 1 aliphatic heterocycles. The molecule has 1 aromatic carbocycles. The fraction of sp³-hybridized carbons (Fsp3) is 0.294. The molecular weight excluding hydrogens is 326 g/mol. The van der Waals surface area contributed by atoms with Crippen molar-refractivity contribution in [1.82, 2.24) is 5.16 Å². The molecule has 2 aromatic rings. The van der Waals surface area contributed by atoms with E-state index in [4.69, 9.17) is 4.52 Å². The minimum Gasteiger partial charge on any atom is -0.465 e. The van der Waals surface area contributed by atoms with Crippen molar-refractivity contribution >= 4 is 29.3 Å². The van der Waals surface area contributed by atoms with Crippen molar-refractivity contribution in [1.29, 1.82) is 0 Å². The summed E-state index contributed by atoms with van der Waals surface area (Å²) in [5.74, 6) is -0.471. The van der Waals surface area contributed by atoms with E-state index in [9.17, 15) is 14.4 Å². The van der Waals surface area contributed by atoms with E-state index >= 15 is 0 Å². The smallest absolute Gasteiger partial charge is 0.337 e. The van der Waals surface area contributed by atoms with Gasteiger partial charge in [-0.3, -0.25) is 14.5 Å². The first kappa shape index (κ1) is 16.7. The maximum Gasteiger partial charge on any atom is 0.337 e. The lowest BCUT2D eigenvalue weighted by molar-refractivity contribution is -0.122. The van der Waals surface area contributed by atoms with Crippen LogP contribution in [0.1, 0.15) is 22.5 Å². The number of carbonyl (C=O) groups is 3. The van der Waals surface area contributed by atoms with Gasteiger partial charge in [0.25, 0.3) is 0 Å². The fourth-order valence-electron chi connectivity index (χ4n) is 2.67. The van der Waals surface area contributed by atoms with Crippen LogP contribution in [-0.2, 0) is 14.3 Å². The Labute approximate surface area is 143 Å². The monoisotopic (exact) mass is 343 g/mol. The molecule has 0 radical (unpaired) electrons. The van der Waals surface area contributed by atoms with Gasteiger partial charge in [0.15, 0.2) is 5.82 Å². The van der Waals surface area contributed by atoms with E-state index in [1.54, 1.807) is 31.2 Å². The van der Waals surface area contributed by atoms with E-state index in [1.165, 1.54) is 18.1 Å². The number of hydrogen-bond donors (Lipinski definition) is 1. The molecule has 8 heteroatoms. The van der Waals surface area contributed by atoms with E-state index in [2.05, 4.69) is 15.2 Å². The maximum atomic E-state index is 12.4. The van der Waals surface area contributed by atoms with Crippen LogP contribution in [0, 0.1) is 12.8 Å². The third-order valence-corrected chi connectivity index (χ3v) is 3.94. The molecule has 1 unspecified atom stereocenters. The first-order valence-electron chi connectivity index (χ1n) is 7.71. The summed E-state index contributed by atoms with van der Waals surface area (Å²) in [5.41, 5.74) is 0.804. The van der Waals surface area contributed by atoms with Gasteiger partial charge in [0.2, 0.25) is 11.8 Å². The summed E-state index contributed by atoms with van der Waals surface area (Å²) in [4.78, 5) is 37.6. The molecule has 2 amide bonds. The SMILES string of the molecule is COC(=O)c1cccc(NC(=O)C2CC(=O)N(c3cc(C)on3)C2)c1. The zero-order valence-electron chi connectivity index (χ0n) is 13.8. The lowest BCUT2D eigenvalue weighted by atomic mass is 10.1. The number of ether oxygens (including phenoxy) is 1. The number of benzene rings is 1. The van der Waals surface area contributed by atoms with Crippen molar-refractivity contribution in [2.75, 3.05) is 23.9 Å². The van der Waals surface area contributed by atoms with Crippen molar-refractivity contribution in [3.63, 3.8) is 0 Å². The molecule has 0 aliphatic carbocycles. The molecule has 8 nitrogen and oxygen atoms in total. The van der Waals surface area contributed by atoms with Crippen LogP contribution in [0.5, 0.6) is 0 Å².